The van der Waals surface area contributed by atoms with E-state index in [1.165, 1.54) is 12.1 Å². The minimum absolute atomic E-state index is 0.0192. The summed E-state index contributed by atoms with van der Waals surface area (Å²) < 4.78 is 6.92. The molecule has 6 nitrogen and oxygen atoms in total. The maximum absolute atomic E-state index is 12.4. The summed E-state index contributed by atoms with van der Waals surface area (Å²) in [4.78, 5) is 22.7. The number of nitro benzene ring substituents is 1. The van der Waals surface area contributed by atoms with E-state index in [0.29, 0.717) is 12.0 Å². The minimum atomic E-state index is -0.408. The highest BCUT2D eigenvalue weighted by Gasteiger charge is 2.12. The van der Waals surface area contributed by atoms with Gasteiger partial charge in [0.15, 0.2) is 12.4 Å². The van der Waals surface area contributed by atoms with Gasteiger partial charge < -0.3 is 4.74 Å². The Labute approximate surface area is 156 Å². The molecule has 0 unspecified atom stereocenters. The summed E-state index contributed by atoms with van der Waals surface area (Å²) in [5.74, 6) is 0.737. The molecule has 0 amide bonds. The second-order valence-corrected chi connectivity index (χ2v) is 6.13. The summed E-state index contributed by atoms with van der Waals surface area (Å²) in [6, 6.07) is 17.5. The zero-order valence-corrected chi connectivity index (χ0v) is 14.9. The number of rotatable bonds is 7. The SMILES string of the molecule is COc1ccc(C(=O)C[n+]2ccc(Cc3ccc([N+](=O)[O-])cc3)cc2)cc1. The van der Waals surface area contributed by atoms with E-state index in [1.807, 2.05) is 29.1 Å². The lowest BCUT2D eigenvalue weighted by atomic mass is 10.1. The van der Waals surface area contributed by atoms with Crippen LogP contribution >= 0.6 is 0 Å². The van der Waals surface area contributed by atoms with E-state index in [1.54, 1.807) is 43.5 Å². The van der Waals surface area contributed by atoms with Gasteiger partial charge in [0.1, 0.15) is 5.75 Å². The number of benzene rings is 2. The molecule has 0 saturated heterocycles. The molecule has 2 aromatic carbocycles. The van der Waals surface area contributed by atoms with E-state index in [9.17, 15) is 14.9 Å². The molecule has 3 rings (SSSR count). The maximum Gasteiger partial charge on any atom is 0.269 e. The molecule has 0 aliphatic carbocycles. The number of hydrogen-bond acceptors (Lipinski definition) is 4. The van der Waals surface area contributed by atoms with Gasteiger partial charge in [-0.05, 0) is 41.8 Å². The second-order valence-electron chi connectivity index (χ2n) is 6.13. The molecule has 0 atom stereocenters. The van der Waals surface area contributed by atoms with E-state index in [4.69, 9.17) is 4.74 Å². The van der Waals surface area contributed by atoms with Crippen molar-refractivity contribution in [3.8, 4) is 5.75 Å². The smallest absolute Gasteiger partial charge is 0.269 e. The van der Waals surface area contributed by atoms with Crippen LogP contribution in [0.4, 0.5) is 5.69 Å². The molecule has 0 aliphatic heterocycles. The van der Waals surface area contributed by atoms with Crippen LogP contribution < -0.4 is 9.30 Å². The van der Waals surface area contributed by atoms with Crippen LogP contribution in [0.25, 0.3) is 0 Å². The number of Topliss-reactive ketones (excluding diaryl/α,β-unsaturated/α-hetero) is 1. The van der Waals surface area contributed by atoms with E-state index in [0.717, 1.165) is 16.9 Å². The molecule has 6 heteroatoms. The van der Waals surface area contributed by atoms with Gasteiger partial charge in [-0.2, -0.15) is 4.57 Å². The predicted octanol–water partition coefficient (Wildman–Crippen LogP) is 3.36. The highest BCUT2D eigenvalue weighted by atomic mass is 16.6. The van der Waals surface area contributed by atoms with Gasteiger partial charge in [0.25, 0.3) is 5.69 Å². The lowest BCUT2D eigenvalue weighted by molar-refractivity contribution is -0.683. The van der Waals surface area contributed by atoms with E-state index in [2.05, 4.69) is 0 Å². The number of nitro groups is 1. The average molecular weight is 363 g/mol. The third-order valence-corrected chi connectivity index (χ3v) is 4.25. The van der Waals surface area contributed by atoms with Crippen molar-refractivity contribution in [1.29, 1.82) is 0 Å². The van der Waals surface area contributed by atoms with E-state index >= 15 is 0 Å². The molecule has 0 saturated carbocycles. The predicted molar refractivity (Wildman–Crippen MR) is 99.9 cm³/mol. The van der Waals surface area contributed by atoms with Crippen LogP contribution in [0.3, 0.4) is 0 Å². The molecular formula is C21H19N2O4+. The van der Waals surface area contributed by atoms with Gasteiger partial charge in [0, 0.05) is 29.8 Å². The van der Waals surface area contributed by atoms with Crippen molar-refractivity contribution >= 4 is 11.5 Å². The number of carbonyl (C=O) groups is 1. The number of carbonyl (C=O) groups excluding carboxylic acids is 1. The number of non-ortho nitro benzene ring substituents is 1. The highest BCUT2D eigenvalue weighted by molar-refractivity contribution is 5.95. The van der Waals surface area contributed by atoms with Crippen molar-refractivity contribution in [1.82, 2.24) is 0 Å². The molecule has 1 aromatic heterocycles. The summed E-state index contributed by atoms with van der Waals surface area (Å²) in [5, 5.41) is 10.7. The van der Waals surface area contributed by atoms with Crippen LogP contribution in [-0.4, -0.2) is 17.8 Å². The van der Waals surface area contributed by atoms with E-state index in [-0.39, 0.29) is 18.0 Å². The van der Waals surface area contributed by atoms with Crippen molar-refractivity contribution in [3.63, 3.8) is 0 Å². The van der Waals surface area contributed by atoms with Crippen LogP contribution in [-0.2, 0) is 13.0 Å². The van der Waals surface area contributed by atoms with Gasteiger partial charge in [0.2, 0.25) is 12.3 Å². The van der Waals surface area contributed by atoms with Crippen LogP contribution in [0.1, 0.15) is 21.5 Å². The molecule has 136 valence electrons. The first kappa shape index (κ1) is 18.3. The number of hydrogen-bond donors (Lipinski definition) is 0. The lowest BCUT2D eigenvalue weighted by Gasteiger charge is -2.03. The van der Waals surface area contributed by atoms with Crippen molar-refractivity contribution in [2.75, 3.05) is 7.11 Å². The third-order valence-electron chi connectivity index (χ3n) is 4.25. The topological polar surface area (TPSA) is 73.3 Å². The van der Waals surface area contributed by atoms with Crippen molar-refractivity contribution in [2.24, 2.45) is 0 Å². The number of methoxy groups -OCH3 is 1. The monoisotopic (exact) mass is 363 g/mol. The van der Waals surface area contributed by atoms with Gasteiger partial charge in [-0.25, -0.2) is 0 Å². The van der Waals surface area contributed by atoms with Gasteiger partial charge in [0.05, 0.1) is 12.0 Å². The summed E-state index contributed by atoms with van der Waals surface area (Å²) in [5.41, 5.74) is 2.78. The van der Waals surface area contributed by atoms with Crippen LogP contribution in [0.2, 0.25) is 0 Å². The van der Waals surface area contributed by atoms with Gasteiger partial charge in [-0.1, -0.05) is 12.1 Å². The average Bonchev–Trinajstić information content (AvgIpc) is 2.70. The summed E-state index contributed by atoms with van der Waals surface area (Å²) in [7, 11) is 1.59. The fraction of sp³-hybridized carbons (Fsp3) is 0.143. The van der Waals surface area contributed by atoms with Crippen molar-refractivity contribution in [2.45, 2.75) is 13.0 Å². The maximum atomic E-state index is 12.4. The fourth-order valence-corrected chi connectivity index (χ4v) is 2.72. The standard InChI is InChI=1S/C21H19N2O4/c1-27-20-8-4-18(5-9-20)21(24)15-22-12-10-17(11-13-22)14-16-2-6-19(7-3-16)23(25)26/h2-13H,14-15H2,1H3/q+1. The number of pyridine rings is 1. The first-order valence-electron chi connectivity index (χ1n) is 8.44. The Morgan fingerprint density at radius 2 is 1.56 bits per heavy atom. The second kappa shape index (κ2) is 8.23. The van der Waals surface area contributed by atoms with Crippen molar-refractivity contribution in [3.05, 3.63) is 99.9 Å². The number of ketones is 1. The first-order chi connectivity index (χ1) is 13.0. The molecule has 0 bridgehead atoms. The minimum Gasteiger partial charge on any atom is -0.497 e. The lowest BCUT2D eigenvalue weighted by Crippen LogP contribution is -2.37. The quantitative estimate of drug-likeness (QED) is 0.279. The van der Waals surface area contributed by atoms with E-state index < -0.39 is 4.92 Å². The third kappa shape index (κ3) is 4.76. The van der Waals surface area contributed by atoms with Crippen LogP contribution in [0.5, 0.6) is 5.75 Å². The Morgan fingerprint density at radius 1 is 0.963 bits per heavy atom. The zero-order chi connectivity index (χ0) is 19.2. The Bertz CT molecular complexity index is 933. The molecule has 0 fully saturated rings. The normalized spacial score (nSPS) is 10.4. The summed E-state index contributed by atoms with van der Waals surface area (Å²) in [6.07, 6.45) is 4.40. The molecule has 27 heavy (non-hydrogen) atoms. The summed E-state index contributed by atoms with van der Waals surface area (Å²) in [6.45, 7) is 0.254. The number of ether oxygens (including phenoxy) is 1. The van der Waals surface area contributed by atoms with Crippen LogP contribution in [0, 0.1) is 10.1 Å². The Balaban J connectivity index is 1.62. The Hall–Kier alpha value is -3.54. The number of aromatic nitrogens is 1. The Morgan fingerprint density at radius 3 is 2.11 bits per heavy atom. The number of nitrogens with zero attached hydrogens (tertiary/aromatic N) is 2. The van der Waals surface area contributed by atoms with Gasteiger partial charge in [-0.15, -0.1) is 0 Å². The molecular weight excluding hydrogens is 344 g/mol. The van der Waals surface area contributed by atoms with Gasteiger partial charge in [-0.3, -0.25) is 14.9 Å². The molecule has 0 spiro atoms. The fourth-order valence-electron chi connectivity index (χ4n) is 2.72. The Kier molecular flexibility index (Phi) is 5.56. The molecule has 0 aliphatic rings. The molecule has 1 heterocycles. The van der Waals surface area contributed by atoms with Crippen molar-refractivity contribution < 1.29 is 19.0 Å². The van der Waals surface area contributed by atoms with Crippen LogP contribution in [0.15, 0.2) is 73.1 Å². The largest absolute Gasteiger partial charge is 0.497 e. The molecule has 3 aromatic rings. The highest BCUT2D eigenvalue weighted by Crippen LogP contribution is 2.15. The molecule has 0 N–H and O–H groups in total. The molecule has 0 radical (unpaired) electrons. The zero-order valence-electron chi connectivity index (χ0n) is 14.9. The van der Waals surface area contributed by atoms with Gasteiger partial charge >= 0.3 is 0 Å². The summed E-state index contributed by atoms with van der Waals surface area (Å²) >= 11 is 0. The first-order valence-corrected chi connectivity index (χ1v) is 8.44.